The molecule has 0 aliphatic carbocycles. The molecule has 0 amide bonds. The summed E-state index contributed by atoms with van der Waals surface area (Å²) in [6.07, 6.45) is 1.69. The number of nitrogens with zero attached hydrogens (tertiary/aromatic N) is 3. The minimum absolute atomic E-state index is 0. The minimum atomic E-state index is 0. The standard InChI is InChI=1S/C7H6N4.H3N/c1-2-4-7-6(3-1)5-8-10-11-9-7;/h1-5H,(H,9,10);1H3. The molecule has 0 fully saturated rings. The third kappa shape index (κ3) is 1.46. The molecule has 1 aliphatic rings. The summed E-state index contributed by atoms with van der Waals surface area (Å²) < 4.78 is 0. The predicted molar refractivity (Wildman–Crippen MR) is 46.7 cm³/mol. The maximum atomic E-state index is 3.88. The van der Waals surface area contributed by atoms with Gasteiger partial charge in [-0.3, -0.25) is 0 Å². The second-order valence-electron chi connectivity index (χ2n) is 2.12. The monoisotopic (exact) mass is 163 g/mol. The maximum Gasteiger partial charge on any atom is 0.0963 e. The van der Waals surface area contributed by atoms with Crippen LogP contribution in [-0.4, -0.2) is 6.21 Å². The van der Waals surface area contributed by atoms with E-state index in [2.05, 4.69) is 21.0 Å². The van der Waals surface area contributed by atoms with Gasteiger partial charge in [-0.2, -0.15) is 10.6 Å². The molecule has 2 rings (SSSR count). The lowest BCUT2D eigenvalue weighted by atomic mass is 10.2. The minimum Gasteiger partial charge on any atom is -0.344 e. The van der Waals surface area contributed by atoms with E-state index >= 15 is 0 Å². The van der Waals surface area contributed by atoms with E-state index < -0.39 is 0 Å². The number of benzene rings is 1. The fourth-order valence-corrected chi connectivity index (χ4v) is 0.888. The van der Waals surface area contributed by atoms with Gasteiger partial charge in [0.25, 0.3) is 0 Å². The van der Waals surface area contributed by atoms with Gasteiger partial charge in [0.15, 0.2) is 0 Å². The van der Waals surface area contributed by atoms with Gasteiger partial charge in [0.05, 0.1) is 11.9 Å². The van der Waals surface area contributed by atoms with Gasteiger partial charge in [-0.25, -0.2) is 0 Å². The molecule has 0 bridgehead atoms. The highest BCUT2D eigenvalue weighted by atomic mass is 15.6. The second kappa shape index (κ2) is 3.59. The molecule has 62 valence electrons. The van der Waals surface area contributed by atoms with Crippen LogP contribution in [0.1, 0.15) is 5.56 Å². The van der Waals surface area contributed by atoms with Crippen LogP contribution in [0, 0.1) is 0 Å². The largest absolute Gasteiger partial charge is 0.344 e. The summed E-state index contributed by atoms with van der Waals surface area (Å²) >= 11 is 0. The van der Waals surface area contributed by atoms with E-state index in [0.717, 1.165) is 11.3 Å². The van der Waals surface area contributed by atoms with E-state index in [1.54, 1.807) is 6.21 Å². The van der Waals surface area contributed by atoms with E-state index in [-0.39, 0.29) is 6.15 Å². The molecule has 0 unspecified atom stereocenters. The highest BCUT2D eigenvalue weighted by Gasteiger charge is 1.98. The smallest absolute Gasteiger partial charge is 0.0963 e. The van der Waals surface area contributed by atoms with Gasteiger partial charge in [-0.15, -0.1) is 5.11 Å². The molecule has 0 atom stereocenters. The molecular weight excluding hydrogens is 154 g/mol. The average Bonchev–Trinajstić information content (AvgIpc) is 2.28. The first kappa shape index (κ1) is 8.35. The van der Waals surface area contributed by atoms with Crippen molar-refractivity contribution in [3.63, 3.8) is 0 Å². The van der Waals surface area contributed by atoms with Crippen molar-refractivity contribution >= 4 is 11.9 Å². The second-order valence-corrected chi connectivity index (χ2v) is 2.12. The molecule has 0 saturated heterocycles. The van der Waals surface area contributed by atoms with Crippen LogP contribution in [-0.2, 0) is 0 Å². The molecule has 0 saturated carbocycles. The van der Waals surface area contributed by atoms with Crippen molar-refractivity contribution in [2.75, 3.05) is 0 Å². The van der Waals surface area contributed by atoms with E-state index in [9.17, 15) is 0 Å². The Morgan fingerprint density at radius 2 is 2.00 bits per heavy atom. The van der Waals surface area contributed by atoms with Crippen molar-refractivity contribution in [2.24, 2.45) is 15.4 Å². The fraction of sp³-hybridized carbons (Fsp3) is 0. The van der Waals surface area contributed by atoms with Crippen molar-refractivity contribution in [1.82, 2.24) is 11.7 Å². The lowest BCUT2D eigenvalue weighted by molar-refractivity contribution is 0.758. The Morgan fingerprint density at radius 1 is 1.17 bits per heavy atom. The number of rotatable bonds is 0. The first-order chi connectivity index (χ1) is 5.47. The first-order valence-corrected chi connectivity index (χ1v) is 3.25. The number of hydrazone groups is 1. The number of hydrogen-bond acceptors (Lipinski definition) is 5. The molecule has 1 aliphatic heterocycles. The lowest BCUT2D eigenvalue weighted by Crippen LogP contribution is -1.89. The van der Waals surface area contributed by atoms with Gasteiger partial charge >= 0.3 is 0 Å². The predicted octanol–water partition coefficient (Wildman–Crippen LogP) is 1.78. The SMILES string of the molecule is C1=NNN=Nc2ccccc21.N. The van der Waals surface area contributed by atoms with Crippen LogP contribution < -0.4 is 11.7 Å². The molecule has 12 heavy (non-hydrogen) atoms. The normalized spacial score (nSPS) is 12.3. The highest BCUT2D eigenvalue weighted by molar-refractivity contribution is 5.86. The van der Waals surface area contributed by atoms with E-state index in [0.29, 0.717) is 0 Å². The van der Waals surface area contributed by atoms with E-state index in [1.807, 2.05) is 24.3 Å². The number of nitrogens with one attached hydrogen (secondary N) is 1. The van der Waals surface area contributed by atoms with Gasteiger partial charge in [0.1, 0.15) is 0 Å². The van der Waals surface area contributed by atoms with Crippen LogP contribution in [0.2, 0.25) is 0 Å². The zero-order valence-corrected chi connectivity index (χ0v) is 6.44. The van der Waals surface area contributed by atoms with Gasteiger partial charge in [-0.1, -0.05) is 23.4 Å². The zero-order chi connectivity index (χ0) is 7.52. The summed E-state index contributed by atoms with van der Waals surface area (Å²) in [6, 6.07) is 7.67. The topological polar surface area (TPSA) is 84.1 Å². The molecular formula is C7H9N5. The Labute approximate surface area is 69.8 Å². The maximum absolute atomic E-state index is 3.88. The number of fused-ring (bicyclic) bond motifs is 1. The Balaban J connectivity index is 0.000000720. The van der Waals surface area contributed by atoms with Crippen molar-refractivity contribution in [2.45, 2.75) is 0 Å². The summed E-state index contributed by atoms with van der Waals surface area (Å²) in [5.41, 5.74) is 4.23. The van der Waals surface area contributed by atoms with Crippen LogP contribution in [0.3, 0.4) is 0 Å². The van der Waals surface area contributed by atoms with Crippen LogP contribution in [0.15, 0.2) is 39.7 Å². The van der Waals surface area contributed by atoms with Gasteiger partial charge < -0.3 is 6.15 Å². The summed E-state index contributed by atoms with van der Waals surface area (Å²) in [6.45, 7) is 0. The quantitative estimate of drug-likeness (QED) is 0.611. The van der Waals surface area contributed by atoms with Crippen molar-refractivity contribution in [3.05, 3.63) is 29.8 Å². The molecule has 1 aromatic carbocycles. The molecule has 0 radical (unpaired) electrons. The molecule has 0 aromatic heterocycles. The van der Waals surface area contributed by atoms with Crippen LogP contribution in [0.25, 0.3) is 0 Å². The summed E-state index contributed by atoms with van der Waals surface area (Å²) in [5.74, 6) is 0. The van der Waals surface area contributed by atoms with Crippen molar-refractivity contribution < 1.29 is 0 Å². The van der Waals surface area contributed by atoms with Crippen LogP contribution in [0.4, 0.5) is 5.69 Å². The summed E-state index contributed by atoms with van der Waals surface area (Å²) in [7, 11) is 0. The van der Waals surface area contributed by atoms with Crippen LogP contribution in [0.5, 0.6) is 0 Å². The Kier molecular flexibility index (Phi) is 2.49. The summed E-state index contributed by atoms with van der Waals surface area (Å²) in [4.78, 5) is 0. The Morgan fingerprint density at radius 3 is 2.92 bits per heavy atom. The molecule has 5 nitrogen and oxygen atoms in total. The highest BCUT2D eigenvalue weighted by Crippen LogP contribution is 2.17. The van der Waals surface area contributed by atoms with Gasteiger partial charge in [0, 0.05) is 5.56 Å². The van der Waals surface area contributed by atoms with Gasteiger partial charge in [-0.05, 0) is 6.07 Å². The summed E-state index contributed by atoms with van der Waals surface area (Å²) in [5, 5.41) is 11.2. The first-order valence-electron chi connectivity index (χ1n) is 3.25. The van der Waals surface area contributed by atoms with Crippen LogP contribution >= 0.6 is 0 Å². The third-order valence-electron chi connectivity index (χ3n) is 1.40. The average molecular weight is 163 g/mol. The van der Waals surface area contributed by atoms with Gasteiger partial charge in [0.2, 0.25) is 0 Å². The van der Waals surface area contributed by atoms with Crippen molar-refractivity contribution in [3.8, 4) is 0 Å². The zero-order valence-electron chi connectivity index (χ0n) is 6.44. The van der Waals surface area contributed by atoms with Crippen molar-refractivity contribution in [1.29, 1.82) is 0 Å². The molecule has 1 aromatic rings. The molecule has 5 heteroatoms. The third-order valence-corrected chi connectivity index (χ3v) is 1.40. The number of hydrogen-bond donors (Lipinski definition) is 2. The molecule has 1 heterocycles. The Hall–Kier alpha value is -1.75. The van der Waals surface area contributed by atoms with E-state index in [1.165, 1.54) is 0 Å². The lowest BCUT2D eigenvalue weighted by Gasteiger charge is -1.92. The van der Waals surface area contributed by atoms with E-state index in [4.69, 9.17) is 0 Å². The molecule has 0 spiro atoms. The molecule has 4 N–H and O–H groups in total. The fourth-order valence-electron chi connectivity index (χ4n) is 0.888. The Bertz CT molecular complexity index is 286.